The lowest BCUT2D eigenvalue weighted by Crippen LogP contribution is -1.84. The molecule has 5 aromatic rings. The van der Waals surface area contributed by atoms with Crippen LogP contribution in [0.3, 0.4) is 0 Å². The minimum absolute atomic E-state index is 0.209. The molecule has 37 heavy (non-hydrogen) atoms. The molecule has 0 spiro atoms. The van der Waals surface area contributed by atoms with E-state index in [1.54, 1.807) is 12.3 Å². The van der Waals surface area contributed by atoms with Crippen molar-refractivity contribution < 1.29 is 5.11 Å². The molecule has 0 bridgehead atoms. The molecule has 0 aromatic heterocycles. The summed E-state index contributed by atoms with van der Waals surface area (Å²) in [4.78, 5) is 4.63. The van der Waals surface area contributed by atoms with Crippen LogP contribution >= 0.6 is 0 Å². The Morgan fingerprint density at radius 3 is 1.68 bits per heavy atom. The number of azo groups is 2. The summed E-state index contributed by atoms with van der Waals surface area (Å²) >= 11 is 0. The van der Waals surface area contributed by atoms with E-state index in [4.69, 9.17) is 0 Å². The molecule has 0 unspecified atom stereocenters. The zero-order valence-electron chi connectivity index (χ0n) is 20.6. The number of aryl methyl sites for hydroxylation is 2. The topological polar surface area (TPSA) is 82.0 Å². The number of aromatic hydroxyl groups is 1. The fourth-order valence-electron chi connectivity index (χ4n) is 3.79. The highest BCUT2D eigenvalue weighted by Gasteiger charge is 2.06. The van der Waals surface area contributed by atoms with E-state index in [1.807, 2.05) is 111 Å². The highest BCUT2D eigenvalue weighted by molar-refractivity contribution is 6.01. The Morgan fingerprint density at radius 1 is 0.541 bits per heavy atom. The first kappa shape index (κ1) is 23.8. The van der Waals surface area contributed by atoms with Crippen LogP contribution < -0.4 is 0 Å². The van der Waals surface area contributed by atoms with Crippen LogP contribution in [-0.2, 0) is 0 Å². The molecule has 0 fully saturated rings. The number of benzene rings is 5. The first-order valence-electron chi connectivity index (χ1n) is 11.9. The van der Waals surface area contributed by atoms with Gasteiger partial charge in [0.2, 0.25) is 0 Å². The van der Waals surface area contributed by atoms with Gasteiger partial charge in [-0.15, -0.1) is 5.11 Å². The number of phenols is 1. The molecular weight excluding hydrogens is 458 g/mol. The van der Waals surface area contributed by atoms with Crippen LogP contribution in [0.4, 0.5) is 28.4 Å². The average Bonchev–Trinajstić information content (AvgIpc) is 2.92. The summed E-state index contributed by atoms with van der Waals surface area (Å²) in [5, 5.41) is 29.6. The monoisotopic (exact) mass is 483 g/mol. The van der Waals surface area contributed by atoms with Crippen molar-refractivity contribution in [3.8, 4) is 5.75 Å². The van der Waals surface area contributed by atoms with Crippen molar-refractivity contribution in [2.75, 3.05) is 0 Å². The third-order valence-corrected chi connectivity index (χ3v) is 5.84. The molecule has 5 aromatic carbocycles. The Balaban J connectivity index is 1.35. The first-order valence-corrected chi connectivity index (χ1v) is 11.9. The van der Waals surface area contributed by atoms with Crippen molar-refractivity contribution in [1.29, 1.82) is 0 Å². The maximum absolute atomic E-state index is 10.2. The summed E-state index contributed by atoms with van der Waals surface area (Å²) in [6.07, 6.45) is 1.68. The van der Waals surface area contributed by atoms with Crippen molar-refractivity contribution in [3.63, 3.8) is 0 Å². The second-order valence-corrected chi connectivity index (χ2v) is 8.72. The van der Waals surface area contributed by atoms with E-state index in [0.717, 1.165) is 44.8 Å². The summed E-state index contributed by atoms with van der Waals surface area (Å²) in [6.45, 7) is 3.98. The molecule has 6 nitrogen and oxygen atoms in total. The fourth-order valence-corrected chi connectivity index (χ4v) is 3.79. The van der Waals surface area contributed by atoms with Crippen LogP contribution in [0.1, 0.15) is 16.7 Å². The number of rotatable bonds is 6. The van der Waals surface area contributed by atoms with Gasteiger partial charge in [-0.3, -0.25) is 4.99 Å². The predicted octanol–water partition coefficient (Wildman–Crippen LogP) is 9.74. The van der Waals surface area contributed by atoms with Crippen molar-refractivity contribution in [3.05, 3.63) is 120 Å². The molecule has 0 aliphatic heterocycles. The van der Waals surface area contributed by atoms with Gasteiger partial charge in [0.1, 0.15) is 5.75 Å². The Morgan fingerprint density at radius 2 is 1.05 bits per heavy atom. The number of phenolic OH excluding ortho intramolecular Hbond substituents is 1. The number of hydrogen-bond donors (Lipinski definition) is 1. The number of aliphatic imine (C=N–C) groups is 1. The molecule has 6 heteroatoms. The lowest BCUT2D eigenvalue weighted by atomic mass is 10.1. The predicted molar refractivity (Wildman–Crippen MR) is 150 cm³/mol. The summed E-state index contributed by atoms with van der Waals surface area (Å²) < 4.78 is 0. The van der Waals surface area contributed by atoms with Crippen molar-refractivity contribution in [1.82, 2.24) is 0 Å². The molecule has 0 aliphatic carbocycles. The molecule has 0 heterocycles. The number of hydrogen-bond acceptors (Lipinski definition) is 6. The van der Waals surface area contributed by atoms with E-state index in [9.17, 15) is 5.11 Å². The molecule has 1 N–H and O–H groups in total. The smallest absolute Gasteiger partial charge is 0.124 e. The highest BCUT2D eigenvalue weighted by Crippen LogP contribution is 2.34. The summed E-state index contributed by atoms with van der Waals surface area (Å²) in [5.74, 6) is 0.209. The SMILES string of the molecule is Cc1ccc(N=Nc2ccc(N=Nc3ccc(N=Cc4ccc(C)cc4O)c4ccccc34)cc2)cc1. The van der Waals surface area contributed by atoms with Crippen molar-refractivity contribution in [2.24, 2.45) is 25.4 Å². The van der Waals surface area contributed by atoms with Gasteiger partial charge in [-0.25, -0.2) is 0 Å². The molecule has 0 saturated heterocycles. The molecule has 180 valence electrons. The Kier molecular flexibility index (Phi) is 6.90. The van der Waals surface area contributed by atoms with Crippen LogP contribution in [0.5, 0.6) is 5.75 Å². The molecule has 0 saturated carbocycles. The summed E-state index contributed by atoms with van der Waals surface area (Å²) in [6, 6.07) is 32.6. The molecular formula is C31H25N5O. The van der Waals surface area contributed by atoms with Crippen LogP contribution in [0.2, 0.25) is 0 Å². The normalized spacial score (nSPS) is 11.8. The third kappa shape index (κ3) is 5.82. The lowest BCUT2D eigenvalue weighted by Gasteiger charge is -2.05. The van der Waals surface area contributed by atoms with E-state index in [0.29, 0.717) is 5.56 Å². The van der Waals surface area contributed by atoms with Crippen LogP contribution in [0.25, 0.3) is 10.8 Å². The van der Waals surface area contributed by atoms with Crippen LogP contribution in [-0.4, -0.2) is 11.3 Å². The van der Waals surface area contributed by atoms with Gasteiger partial charge in [0.15, 0.2) is 0 Å². The second kappa shape index (κ2) is 10.7. The lowest BCUT2D eigenvalue weighted by molar-refractivity contribution is 0.474. The Labute approximate surface area is 215 Å². The van der Waals surface area contributed by atoms with Gasteiger partial charge in [-0.2, -0.15) is 15.3 Å². The molecule has 5 rings (SSSR count). The fraction of sp³-hybridized carbons (Fsp3) is 0.0645. The largest absolute Gasteiger partial charge is 0.507 e. The van der Waals surface area contributed by atoms with E-state index in [1.165, 1.54) is 5.56 Å². The van der Waals surface area contributed by atoms with Gasteiger partial charge in [0.05, 0.1) is 28.4 Å². The van der Waals surface area contributed by atoms with Crippen molar-refractivity contribution >= 4 is 45.4 Å². The number of fused-ring (bicyclic) bond motifs is 1. The van der Waals surface area contributed by atoms with Gasteiger partial charge < -0.3 is 5.11 Å². The van der Waals surface area contributed by atoms with Crippen LogP contribution in [0, 0.1) is 13.8 Å². The van der Waals surface area contributed by atoms with E-state index < -0.39 is 0 Å². The second-order valence-electron chi connectivity index (χ2n) is 8.72. The maximum Gasteiger partial charge on any atom is 0.124 e. The van der Waals surface area contributed by atoms with Gasteiger partial charge in [-0.1, -0.05) is 48.0 Å². The molecule has 0 aliphatic rings. The molecule has 0 amide bonds. The maximum atomic E-state index is 10.2. The summed E-state index contributed by atoms with van der Waals surface area (Å²) in [5.41, 5.74) is 6.66. The van der Waals surface area contributed by atoms with E-state index in [-0.39, 0.29) is 5.75 Å². The van der Waals surface area contributed by atoms with Gasteiger partial charge in [-0.05, 0) is 80.1 Å². The Hall–Kier alpha value is -4.97. The number of nitrogens with zero attached hydrogens (tertiary/aromatic N) is 5. The van der Waals surface area contributed by atoms with Gasteiger partial charge in [0.25, 0.3) is 0 Å². The zero-order valence-corrected chi connectivity index (χ0v) is 20.6. The molecule has 0 radical (unpaired) electrons. The van der Waals surface area contributed by atoms with E-state index in [2.05, 4.69) is 25.4 Å². The minimum Gasteiger partial charge on any atom is -0.507 e. The van der Waals surface area contributed by atoms with Crippen molar-refractivity contribution in [2.45, 2.75) is 13.8 Å². The third-order valence-electron chi connectivity index (χ3n) is 5.84. The van der Waals surface area contributed by atoms with E-state index >= 15 is 0 Å². The minimum atomic E-state index is 0.209. The highest BCUT2D eigenvalue weighted by atomic mass is 16.3. The quantitative estimate of drug-likeness (QED) is 0.189. The van der Waals surface area contributed by atoms with Gasteiger partial charge in [0, 0.05) is 22.6 Å². The Bertz CT molecular complexity index is 1640. The summed E-state index contributed by atoms with van der Waals surface area (Å²) in [7, 11) is 0. The zero-order chi connectivity index (χ0) is 25.6. The molecule has 0 atom stereocenters. The van der Waals surface area contributed by atoms with Crippen LogP contribution in [0.15, 0.2) is 129 Å². The average molecular weight is 484 g/mol. The van der Waals surface area contributed by atoms with Gasteiger partial charge >= 0.3 is 0 Å². The standard InChI is InChI=1S/C31H25N5O/c1-21-8-11-24(12-9-21)33-34-25-13-15-26(16-14-25)35-36-30-18-17-29(27-5-3-4-6-28(27)30)32-20-23-10-7-22(2)19-31(23)37/h3-20,37H,1-2H3. The first-order chi connectivity index (χ1) is 18.0.